The topological polar surface area (TPSA) is 119 Å². The number of hydrogen-bond donors (Lipinski definition) is 3. The minimum absolute atomic E-state index is 0.315. The first-order chi connectivity index (χ1) is 15.6. The standard InChI is InChI=1S/C24H29N5O3/c1-26-15-19(14-25)28-24(31)22(12-17-6-2-3-7-17)29-23(30)18-8-4-9-20(13-18)32-21-10-5-11-27-16-21/h4-5,8-11,13-17,22H,2-3,6-7,12,25H2,1H3,(H,28,31)(H,29,30)/b19-14+,26-15?. The van der Waals surface area contributed by atoms with E-state index in [9.17, 15) is 9.59 Å². The smallest absolute Gasteiger partial charge is 0.252 e. The molecule has 1 saturated carbocycles. The van der Waals surface area contributed by atoms with E-state index in [1.165, 1.54) is 12.4 Å². The van der Waals surface area contributed by atoms with Crippen LogP contribution in [0.2, 0.25) is 0 Å². The van der Waals surface area contributed by atoms with Gasteiger partial charge in [0.15, 0.2) is 0 Å². The summed E-state index contributed by atoms with van der Waals surface area (Å²) in [5.41, 5.74) is 6.36. The Morgan fingerprint density at radius 1 is 1.25 bits per heavy atom. The molecule has 0 bridgehead atoms. The summed E-state index contributed by atoms with van der Waals surface area (Å²) in [6, 6.07) is 9.69. The van der Waals surface area contributed by atoms with Crippen LogP contribution in [0.25, 0.3) is 0 Å². The van der Waals surface area contributed by atoms with Gasteiger partial charge in [0.05, 0.1) is 11.9 Å². The molecule has 0 aliphatic heterocycles. The Hall–Kier alpha value is -3.68. The first-order valence-electron chi connectivity index (χ1n) is 10.7. The Bertz CT molecular complexity index is 969. The van der Waals surface area contributed by atoms with E-state index >= 15 is 0 Å². The third-order valence-electron chi connectivity index (χ3n) is 5.35. The summed E-state index contributed by atoms with van der Waals surface area (Å²) < 4.78 is 5.77. The maximum Gasteiger partial charge on any atom is 0.252 e. The number of rotatable bonds is 9. The van der Waals surface area contributed by atoms with Crippen molar-refractivity contribution in [3.63, 3.8) is 0 Å². The van der Waals surface area contributed by atoms with Crippen molar-refractivity contribution in [3.8, 4) is 11.5 Å². The van der Waals surface area contributed by atoms with Gasteiger partial charge in [-0.25, -0.2) is 0 Å². The van der Waals surface area contributed by atoms with Gasteiger partial charge in [-0.3, -0.25) is 19.6 Å². The quantitative estimate of drug-likeness (QED) is 0.523. The van der Waals surface area contributed by atoms with Crippen LogP contribution in [0.5, 0.6) is 11.5 Å². The minimum atomic E-state index is -0.686. The van der Waals surface area contributed by atoms with Crippen molar-refractivity contribution in [2.24, 2.45) is 16.6 Å². The van der Waals surface area contributed by atoms with Gasteiger partial charge >= 0.3 is 0 Å². The van der Waals surface area contributed by atoms with Crippen LogP contribution in [0.3, 0.4) is 0 Å². The highest BCUT2D eigenvalue weighted by atomic mass is 16.5. The Labute approximate surface area is 188 Å². The number of benzene rings is 1. The van der Waals surface area contributed by atoms with Gasteiger partial charge in [-0.05, 0) is 42.7 Å². The molecule has 1 aromatic heterocycles. The fourth-order valence-electron chi connectivity index (χ4n) is 3.78. The first kappa shape index (κ1) is 23.0. The maximum absolute atomic E-state index is 13.0. The molecule has 1 unspecified atom stereocenters. The van der Waals surface area contributed by atoms with Gasteiger partial charge in [-0.2, -0.15) is 0 Å². The molecule has 3 rings (SSSR count). The van der Waals surface area contributed by atoms with Crippen molar-refractivity contribution in [3.05, 3.63) is 66.3 Å². The van der Waals surface area contributed by atoms with Gasteiger partial charge < -0.3 is 21.1 Å². The zero-order valence-electron chi connectivity index (χ0n) is 18.2. The van der Waals surface area contributed by atoms with Gasteiger partial charge in [0.1, 0.15) is 17.5 Å². The number of allylic oxidation sites excluding steroid dienone is 1. The SMILES string of the molecule is CN=C/C(=C\N)NC(=O)C(CC1CCCC1)NC(=O)c1cccc(Oc2cccnc2)c1. The highest BCUT2D eigenvalue weighted by Crippen LogP contribution is 2.29. The van der Waals surface area contributed by atoms with Gasteiger partial charge in [-0.15, -0.1) is 0 Å². The lowest BCUT2D eigenvalue weighted by molar-refractivity contribution is -0.122. The Kier molecular flexibility index (Phi) is 8.36. The fraction of sp³-hybridized carbons (Fsp3) is 0.333. The Morgan fingerprint density at radius 3 is 2.72 bits per heavy atom. The number of amides is 2. The van der Waals surface area contributed by atoms with Crippen LogP contribution < -0.4 is 21.1 Å². The molecule has 2 amide bonds. The van der Waals surface area contributed by atoms with E-state index < -0.39 is 6.04 Å². The van der Waals surface area contributed by atoms with Crippen LogP contribution in [0.4, 0.5) is 0 Å². The second-order valence-electron chi connectivity index (χ2n) is 7.73. The summed E-state index contributed by atoms with van der Waals surface area (Å²) in [6.45, 7) is 0. The van der Waals surface area contributed by atoms with E-state index in [1.807, 2.05) is 0 Å². The normalized spacial score (nSPS) is 15.5. The first-order valence-corrected chi connectivity index (χ1v) is 10.7. The Balaban J connectivity index is 1.72. The Morgan fingerprint density at radius 2 is 2.03 bits per heavy atom. The van der Waals surface area contributed by atoms with Crippen LogP contribution in [0, 0.1) is 5.92 Å². The molecule has 0 radical (unpaired) electrons. The van der Waals surface area contributed by atoms with Crippen molar-refractivity contribution in [2.45, 2.75) is 38.1 Å². The number of ether oxygens (including phenoxy) is 1. The number of nitrogens with two attached hydrogens (primary N) is 1. The molecule has 1 aromatic carbocycles. The number of pyridine rings is 1. The van der Waals surface area contributed by atoms with Crippen LogP contribution in [-0.2, 0) is 4.79 Å². The van der Waals surface area contributed by atoms with Gasteiger partial charge in [0, 0.05) is 31.2 Å². The van der Waals surface area contributed by atoms with E-state index in [1.54, 1.807) is 55.8 Å². The second-order valence-corrected chi connectivity index (χ2v) is 7.73. The summed E-state index contributed by atoms with van der Waals surface area (Å²) in [4.78, 5) is 33.8. The molecular formula is C24H29N5O3. The van der Waals surface area contributed by atoms with Gasteiger partial charge in [-0.1, -0.05) is 31.7 Å². The van der Waals surface area contributed by atoms with Crippen molar-refractivity contribution < 1.29 is 14.3 Å². The molecule has 1 fully saturated rings. The molecule has 8 nitrogen and oxygen atoms in total. The second kappa shape index (κ2) is 11.6. The predicted molar refractivity (Wildman–Crippen MR) is 123 cm³/mol. The number of aliphatic imine (C=N–C) groups is 1. The summed E-state index contributed by atoms with van der Waals surface area (Å²) in [6.07, 6.45) is 11.0. The fourth-order valence-corrected chi connectivity index (χ4v) is 3.78. The van der Waals surface area contributed by atoms with Crippen molar-refractivity contribution in [2.75, 3.05) is 7.05 Å². The van der Waals surface area contributed by atoms with E-state index in [0.29, 0.717) is 35.1 Å². The molecule has 2 aromatic rings. The van der Waals surface area contributed by atoms with E-state index in [2.05, 4.69) is 20.6 Å². The molecule has 1 aliphatic carbocycles. The number of hydrogen-bond acceptors (Lipinski definition) is 6. The lowest BCUT2D eigenvalue weighted by atomic mass is 9.97. The summed E-state index contributed by atoms with van der Waals surface area (Å²) in [5.74, 6) is 0.820. The van der Waals surface area contributed by atoms with Crippen molar-refractivity contribution in [1.29, 1.82) is 0 Å². The largest absolute Gasteiger partial charge is 0.456 e. The average molecular weight is 436 g/mol. The number of aromatic nitrogens is 1. The molecule has 1 aliphatic rings. The molecule has 1 atom stereocenters. The van der Waals surface area contributed by atoms with Crippen LogP contribution >= 0.6 is 0 Å². The summed E-state index contributed by atoms with van der Waals surface area (Å²) >= 11 is 0. The van der Waals surface area contributed by atoms with Crippen LogP contribution in [0.15, 0.2) is 65.7 Å². The lowest BCUT2D eigenvalue weighted by Crippen LogP contribution is -2.47. The molecule has 168 valence electrons. The molecule has 0 spiro atoms. The van der Waals surface area contributed by atoms with Crippen LogP contribution in [-0.4, -0.2) is 36.1 Å². The number of carbonyl (C=O) groups excluding carboxylic acids is 2. The number of nitrogens with zero attached hydrogens (tertiary/aromatic N) is 2. The van der Waals surface area contributed by atoms with Crippen LogP contribution in [0.1, 0.15) is 42.5 Å². The molecular weight excluding hydrogens is 406 g/mol. The highest BCUT2D eigenvalue weighted by Gasteiger charge is 2.27. The van der Waals surface area contributed by atoms with Crippen molar-refractivity contribution >= 4 is 18.0 Å². The van der Waals surface area contributed by atoms with E-state index in [4.69, 9.17) is 10.5 Å². The van der Waals surface area contributed by atoms with Crippen molar-refractivity contribution in [1.82, 2.24) is 15.6 Å². The molecule has 32 heavy (non-hydrogen) atoms. The summed E-state index contributed by atoms with van der Waals surface area (Å²) in [7, 11) is 1.59. The number of carbonyl (C=O) groups is 2. The minimum Gasteiger partial charge on any atom is -0.456 e. The van der Waals surface area contributed by atoms with Gasteiger partial charge in [0.2, 0.25) is 5.91 Å². The number of nitrogens with one attached hydrogen (secondary N) is 2. The molecule has 1 heterocycles. The molecule has 0 saturated heterocycles. The molecule has 8 heteroatoms. The van der Waals surface area contributed by atoms with E-state index in [0.717, 1.165) is 25.7 Å². The molecule has 4 N–H and O–H groups in total. The predicted octanol–water partition coefficient (Wildman–Crippen LogP) is 3.17. The third kappa shape index (κ3) is 6.66. The van der Waals surface area contributed by atoms with Gasteiger partial charge in [0.25, 0.3) is 5.91 Å². The third-order valence-corrected chi connectivity index (χ3v) is 5.35. The summed E-state index contributed by atoms with van der Waals surface area (Å²) in [5, 5.41) is 5.64. The maximum atomic E-state index is 13.0. The lowest BCUT2D eigenvalue weighted by Gasteiger charge is -2.22. The highest BCUT2D eigenvalue weighted by molar-refractivity contribution is 5.99. The zero-order chi connectivity index (χ0) is 22.8. The van der Waals surface area contributed by atoms with E-state index in [-0.39, 0.29) is 11.8 Å². The average Bonchev–Trinajstić information content (AvgIpc) is 3.32. The zero-order valence-corrected chi connectivity index (χ0v) is 18.2. The monoisotopic (exact) mass is 435 g/mol.